The van der Waals surface area contributed by atoms with E-state index in [9.17, 15) is 0 Å². The fraction of sp³-hybridized carbons (Fsp3) is 0.571. The van der Waals surface area contributed by atoms with Gasteiger partial charge < -0.3 is 15.1 Å². The van der Waals surface area contributed by atoms with Crippen molar-refractivity contribution in [3.8, 4) is 0 Å². The Bertz CT molecular complexity index is 807. The Morgan fingerprint density at radius 1 is 1.25 bits per heavy atom. The first-order chi connectivity index (χ1) is 13.7. The topological polar surface area (TPSA) is 61.6 Å². The van der Waals surface area contributed by atoms with Crippen LogP contribution in [0, 0.1) is 0 Å². The average Bonchev–Trinajstić information content (AvgIpc) is 3.39. The van der Waals surface area contributed by atoms with Crippen LogP contribution < -0.4 is 10.2 Å². The summed E-state index contributed by atoms with van der Waals surface area (Å²) in [5.41, 5.74) is 2.57. The van der Waals surface area contributed by atoms with Crippen LogP contribution in [0.4, 0.5) is 5.82 Å². The molecule has 0 bridgehead atoms. The van der Waals surface area contributed by atoms with Gasteiger partial charge in [0.1, 0.15) is 5.82 Å². The summed E-state index contributed by atoms with van der Waals surface area (Å²) < 4.78 is 1.88. The van der Waals surface area contributed by atoms with E-state index in [-0.39, 0.29) is 0 Å². The highest BCUT2D eigenvalue weighted by atomic mass is 15.3. The van der Waals surface area contributed by atoms with Gasteiger partial charge in [0.25, 0.3) is 0 Å². The summed E-state index contributed by atoms with van der Waals surface area (Å²) in [5, 5.41) is 7.86. The molecule has 4 rings (SSSR count). The molecular weight excluding hydrogens is 350 g/mol. The van der Waals surface area contributed by atoms with Crippen LogP contribution in [-0.4, -0.2) is 58.9 Å². The molecule has 0 aromatic carbocycles. The third-order valence-corrected chi connectivity index (χ3v) is 5.84. The summed E-state index contributed by atoms with van der Waals surface area (Å²) in [6.07, 6.45) is 11.1. The SMILES string of the molecule is CN=C(NCc1ccnc(N2CCCCC2)c1)N1CCC(c2cnn(C)c2)C1. The summed E-state index contributed by atoms with van der Waals surface area (Å²) in [5.74, 6) is 2.61. The van der Waals surface area contributed by atoms with E-state index in [1.54, 1.807) is 0 Å². The van der Waals surface area contributed by atoms with Crippen LogP contribution in [0.5, 0.6) is 0 Å². The predicted octanol–water partition coefficient (Wildman–Crippen LogP) is 2.37. The lowest BCUT2D eigenvalue weighted by atomic mass is 10.0. The summed E-state index contributed by atoms with van der Waals surface area (Å²) in [6.45, 7) is 5.02. The van der Waals surface area contributed by atoms with Crippen LogP contribution in [0.25, 0.3) is 0 Å². The first-order valence-corrected chi connectivity index (χ1v) is 10.4. The number of aromatic nitrogens is 3. The van der Waals surface area contributed by atoms with Crippen molar-refractivity contribution in [1.29, 1.82) is 0 Å². The van der Waals surface area contributed by atoms with Crippen molar-refractivity contribution in [2.45, 2.75) is 38.1 Å². The van der Waals surface area contributed by atoms with E-state index in [2.05, 4.69) is 48.5 Å². The fourth-order valence-electron chi connectivity index (χ4n) is 4.26. The third-order valence-electron chi connectivity index (χ3n) is 5.84. The zero-order chi connectivity index (χ0) is 19.3. The quantitative estimate of drug-likeness (QED) is 0.651. The van der Waals surface area contributed by atoms with Gasteiger partial charge in [-0.15, -0.1) is 0 Å². The minimum atomic E-state index is 0.527. The van der Waals surface area contributed by atoms with Crippen molar-refractivity contribution in [2.75, 3.05) is 38.1 Å². The molecule has 2 aromatic rings. The number of nitrogens with one attached hydrogen (secondary N) is 1. The molecule has 0 saturated carbocycles. The first-order valence-electron chi connectivity index (χ1n) is 10.4. The van der Waals surface area contributed by atoms with Crippen LogP contribution in [0.1, 0.15) is 42.7 Å². The molecular formula is C21H31N7. The molecule has 7 nitrogen and oxygen atoms in total. The Hall–Kier alpha value is -2.57. The van der Waals surface area contributed by atoms with Gasteiger partial charge in [0.05, 0.1) is 6.20 Å². The summed E-state index contributed by atoms with van der Waals surface area (Å²) in [4.78, 5) is 13.9. The summed E-state index contributed by atoms with van der Waals surface area (Å²) in [6, 6.07) is 4.31. The van der Waals surface area contributed by atoms with Crippen LogP contribution in [0.2, 0.25) is 0 Å². The predicted molar refractivity (Wildman–Crippen MR) is 113 cm³/mol. The van der Waals surface area contributed by atoms with Crippen LogP contribution >= 0.6 is 0 Å². The van der Waals surface area contributed by atoms with Gasteiger partial charge in [-0.2, -0.15) is 5.10 Å². The smallest absolute Gasteiger partial charge is 0.193 e. The normalized spacial score (nSPS) is 20.6. The van der Waals surface area contributed by atoms with Crippen molar-refractivity contribution >= 4 is 11.8 Å². The number of hydrogen-bond donors (Lipinski definition) is 1. The largest absolute Gasteiger partial charge is 0.357 e. The van der Waals surface area contributed by atoms with Crippen molar-refractivity contribution in [2.24, 2.45) is 12.0 Å². The lowest BCUT2D eigenvalue weighted by molar-refractivity contribution is 0.486. The molecule has 1 N–H and O–H groups in total. The van der Waals surface area contributed by atoms with Crippen molar-refractivity contribution in [1.82, 2.24) is 25.0 Å². The Kier molecular flexibility index (Phi) is 5.78. The van der Waals surface area contributed by atoms with E-state index in [0.29, 0.717) is 5.92 Å². The number of nitrogens with zero attached hydrogens (tertiary/aromatic N) is 6. The monoisotopic (exact) mass is 381 g/mol. The minimum Gasteiger partial charge on any atom is -0.357 e. The highest BCUT2D eigenvalue weighted by Gasteiger charge is 2.26. The number of aliphatic imine (C=N–C) groups is 1. The number of piperidine rings is 1. The van der Waals surface area contributed by atoms with Gasteiger partial charge in [0.2, 0.25) is 0 Å². The maximum absolute atomic E-state index is 4.58. The molecule has 7 heteroatoms. The van der Waals surface area contributed by atoms with Crippen LogP contribution in [0.3, 0.4) is 0 Å². The molecule has 1 unspecified atom stereocenters. The van der Waals surface area contributed by atoms with E-state index >= 15 is 0 Å². The molecule has 2 fully saturated rings. The summed E-state index contributed by atoms with van der Waals surface area (Å²) in [7, 11) is 3.84. The first kappa shape index (κ1) is 18.8. The van der Waals surface area contributed by atoms with Gasteiger partial charge in [0.15, 0.2) is 5.96 Å². The Morgan fingerprint density at radius 2 is 2.11 bits per heavy atom. The van der Waals surface area contributed by atoms with Crippen LogP contribution in [0.15, 0.2) is 35.7 Å². The number of aryl methyl sites for hydroxylation is 1. The number of pyridine rings is 1. The van der Waals surface area contributed by atoms with Crippen molar-refractivity contribution in [3.05, 3.63) is 41.9 Å². The number of rotatable bonds is 4. The maximum Gasteiger partial charge on any atom is 0.193 e. The molecule has 2 aliphatic rings. The van der Waals surface area contributed by atoms with Gasteiger partial charge in [-0.1, -0.05) is 0 Å². The van der Waals surface area contributed by atoms with Crippen molar-refractivity contribution in [3.63, 3.8) is 0 Å². The van der Waals surface area contributed by atoms with E-state index in [1.807, 2.05) is 31.2 Å². The van der Waals surface area contributed by atoms with E-state index in [0.717, 1.165) is 50.9 Å². The molecule has 0 amide bonds. The van der Waals surface area contributed by atoms with Gasteiger partial charge >= 0.3 is 0 Å². The minimum absolute atomic E-state index is 0.527. The molecule has 2 aliphatic heterocycles. The Labute approximate surface area is 167 Å². The maximum atomic E-state index is 4.58. The fourth-order valence-corrected chi connectivity index (χ4v) is 4.26. The average molecular weight is 382 g/mol. The molecule has 0 aliphatic carbocycles. The third kappa shape index (κ3) is 4.29. The molecule has 150 valence electrons. The molecule has 2 saturated heterocycles. The highest BCUT2D eigenvalue weighted by Crippen LogP contribution is 2.26. The van der Waals surface area contributed by atoms with Crippen LogP contribution in [-0.2, 0) is 13.6 Å². The Morgan fingerprint density at radius 3 is 2.86 bits per heavy atom. The van der Waals surface area contributed by atoms with E-state index in [1.165, 1.54) is 30.4 Å². The molecule has 1 atom stereocenters. The molecule has 4 heterocycles. The Balaban J connectivity index is 1.34. The van der Waals surface area contributed by atoms with Gasteiger partial charge in [0, 0.05) is 65.1 Å². The van der Waals surface area contributed by atoms with E-state index in [4.69, 9.17) is 0 Å². The number of anilines is 1. The summed E-state index contributed by atoms with van der Waals surface area (Å²) >= 11 is 0. The van der Waals surface area contributed by atoms with Gasteiger partial charge in [-0.05, 0) is 48.9 Å². The number of hydrogen-bond acceptors (Lipinski definition) is 4. The molecule has 0 radical (unpaired) electrons. The van der Waals surface area contributed by atoms with E-state index < -0.39 is 0 Å². The number of likely N-dealkylation sites (tertiary alicyclic amines) is 1. The lowest BCUT2D eigenvalue weighted by Crippen LogP contribution is -2.39. The zero-order valence-electron chi connectivity index (χ0n) is 17.0. The second-order valence-corrected chi connectivity index (χ2v) is 7.85. The molecule has 28 heavy (non-hydrogen) atoms. The second-order valence-electron chi connectivity index (χ2n) is 7.85. The standard InChI is InChI=1S/C21H31N7/c1-22-21(28-11-7-18(16-28)19-14-25-26(2)15-19)24-13-17-6-8-23-20(12-17)27-9-4-3-5-10-27/h6,8,12,14-15,18H,3-5,7,9-11,13,16H2,1-2H3,(H,22,24). The lowest BCUT2D eigenvalue weighted by Gasteiger charge is -2.28. The highest BCUT2D eigenvalue weighted by molar-refractivity contribution is 5.80. The van der Waals surface area contributed by atoms with Gasteiger partial charge in [-0.25, -0.2) is 4.98 Å². The van der Waals surface area contributed by atoms with Crippen molar-refractivity contribution < 1.29 is 0 Å². The van der Waals surface area contributed by atoms with Gasteiger partial charge in [-0.3, -0.25) is 9.67 Å². The number of guanidine groups is 1. The zero-order valence-corrected chi connectivity index (χ0v) is 17.0. The molecule has 2 aromatic heterocycles. The second kappa shape index (κ2) is 8.63. The molecule has 0 spiro atoms.